The molecule has 6 heteroatoms. The molecular formula is C14H12ClN3O2. The van der Waals surface area contributed by atoms with Gasteiger partial charge in [-0.3, -0.25) is 0 Å². The van der Waals surface area contributed by atoms with Crippen molar-refractivity contribution >= 4 is 17.2 Å². The summed E-state index contributed by atoms with van der Waals surface area (Å²) in [5, 5.41) is 4.57. The van der Waals surface area contributed by atoms with Crippen molar-refractivity contribution < 1.29 is 9.47 Å². The quantitative estimate of drug-likeness (QED) is 0.695. The highest BCUT2D eigenvalue weighted by Gasteiger charge is 2.15. The van der Waals surface area contributed by atoms with Gasteiger partial charge in [0.1, 0.15) is 16.7 Å². The topological polar surface area (TPSA) is 48.7 Å². The zero-order valence-corrected chi connectivity index (χ0v) is 11.8. The van der Waals surface area contributed by atoms with Crippen molar-refractivity contribution in [2.24, 2.45) is 0 Å². The molecule has 0 atom stereocenters. The fraction of sp³-hybridized carbons (Fsp3) is 0.143. The van der Waals surface area contributed by atoms with E-state index in [9.17, 15) is 0 Å². The maximum absolute atomic E-state index is 6.22. The highest BCUT2D eigenvalue weighted by Crippen LogP contribution is 2.38. The maximum atomic E-state index is 6.22. The van der Waals surface area contributed by atoms with Crippen LogP contribution in [0.4, 0.5) is 0 Å². The summed E-state index contributed by atoms with van der Waals surface area (Å²) in [6.45, 7) is 0. The van der Waals surface area contributed by atoms with Gasteiger partial charge in [-0.15, -0.1) is 0 Å². The molecule has 0 radical (unpaired) electrons. The molecule has 102 valence electrons. The standard InChI is InChI=1S/C14H12ClN3O2/c1-19-10-4-3-5-11(20-2)14(10)9-8-12(15)18-13(17-9)6-7-16-18/h3-8H,1-2H3. The highest BCUT2D eigenvalue weighted by molar-refractivity contribution is 6.30. The lowest BCUT2D eigenvalue weighted by Crippen LogP contribution is -1.98. The number of aromatic nitrogens is 3. The lowest BCUT2D eigenvalue weighted by molar-refractivity contribution is 0.397. The predicted octanol–water partition coefficient (Wildman–Crippen LogP) is 3.07. The third-order valence-electron chi connectivity index (χ3n) is 3.00. The Morgan fingerprint density at radius 3 is 2.45 bits per heavy atom. The Labute approximate surface area is 120 Å². The monoisotopic (exact) mass is 289 g/mol. The number of rotatable bonds is 3. The van der Waals surface area contributed by atoms with Crippen LogP contribution in [0.2, 0.25) is 5.15 Å². The first-order chi connectivity index (χ1) is 9.74. The average Bonchev–Trinajstić information content (AvgIpc) is 2.95. The first-order valence-corrected chi connectivity index (χ1v) is 6.34. The van der Waals surface area contributed by atoms with Crippen molar-refractivity contribution in [2.45, 2.75) is 0 Å². The summed E-state index contributed by atoms with van der Waals surface area (Å²) in [6.07, 6.45) is 1.65. The molecule has 2 heterocycles. The maximum Gasteiger partial charge on any atom is 0.157 e. The minimum Gasteiger partial charge on any atom is -0.496 e. The zero-order valence-electron chi connectivity index (χ0n) is 11.0. The lowest BCUT2D eigenvalue weighted by atomic mass is 10.1. The Bertz CT molecular complexity index is 748. The summed E-state index contributed by atoms with van der Waals surface area (Å²) in [4.78, 5) is 4.54. The second-order valence-corrected chi connectivity index (χ2v) is 4.49. The Morgan fingerprint density at radius 1 is 1.10 bits per heavy atom. The van der Waals surface area contributed by atoms with Crippen LogP contribution in [-0.2, 0) is 0 Å². The third kappa shape index (κ3) is 1.96. The van der Waals surface area contributed by atoms with Gasteiger partial charge in [0.25, 0.3) is 0 Å². The van der Waals surface area contributed by atoms with E-state index in [-0.39, 0.29) is 0 Å². The Kier molecular flexibility index (Phi) is 3.20. The van der Waals surface area contributed by atoms with E-state index in [1.165, 1.54) is 0 Å². The highest BCUT2D eigenvalue weighted by atomic mass is 35.5. The van der Waals surface area contributed by atoms with Gasteiger partial charge in [-0.1, -0.05) is 17.7 Å². The van der Waals surface area contributed by atoms with Crippen molar-refractivity contribution in [1.29, 1.82) is 0 Å². The van der Waals surface area contributed by atoms with E-state index in [2.05, 4.69) is 10.1 Å². The number of hydrogen-bond donors (Lipinski definition) is 0. The second-order valence-electron chi connectivity index (χ2n) is 4.10. The molecule has 0 spiro atoms. The van der Waals surface area contributed by atoms with Gasteiger partial charge in [0.2, 0.25) is 0 Å². The molecule has 0 N–H and O–H groups in total. The van der Waals surface area contributed by atoms with E-state index in [4.69, 9.17) is 21.1 Å². The zero-order chi connectivity index (χ0) is 14.1. The number of methoxy groups -OCH3 is 2. The van der Waals surface area contributed by atoms with E-state index in [0.29, 0.717) is 28.0 Å². The molecule has 2 aromatic heterocycles. The minimum absolute atomic E-state index is 0.475. The molecule has 3 rings (SSSR count). The SMILES string of the molecule is COc1cccc(OC)c1-c1cc(Cl)n2nccc2n1. The van der Waals surface area contributed by atoms with Crippen molar-refractivity contribution in [2.75, 3.05) is 14.2 Å². The first-order valence-electron chi connectivity index (χ1n) is 5.96. The van der Waals surface area contributed by atoms with Crippen LogP contribution < -0.4 is 9.47 Å². The van der Waals surface area contributed by atoms with Gasteiger partial charge in [-0.25, -0.2) is 9.50 Å². The fourth-order valence-corrected chi connectivity index (χ4v) is 2.34. The lowest BCUT2D eigenvalue weighted by Gasteiger charge is -2.13. The van der Waals surface area contributed by atoms with Gasteiger partial charge in [0, 0.05) is 12.1 Å². The van der Waals surface area contributed by atoms with Gasteiger partial charge in [0.05, 0.1) is 31.7 Å². The molecule has 0 aliphatic carbocycles. The number of fused-ring (bicyclic) bond motifs is 1. The van der Waals surface area contributed by atoms with Gasteiger partial charge in [-0.2, -0.15) is 5.10 Å². The predicted molar refractivity (Wildman–Crippen MR) is 76.5 cm³/mol. The summed E-state index contributed by atoms with van der Waals surface area (Å²) >= 11 is 6.22. The molecule has 0 bridgehead atoms. The van der Waals surface area contributed by atoms with Gasteiger partial charge < -0.3 is 9.47 Å². The van der Waals surface area contributed by atoms with Crippen LogP contribution in [0.3, 0.4) is 0 Å². The molecule has 0 aliphatic rings. The minimum atomic E-state index is 0.475. The summed E-state index contributed by atoms with van der Waals surface area (Å²) < 4.78 is 12.3. The van der Waals surface area contributed by atoms with E-state index in [1.807, 2.05) is 18.2 Å². The van der Waals surface area contributed by atoms with E-state index < -0.39 is 0 Å². The van der Waals surface area contributed by atoms with Crippen molar-refractivity contribution in [3.63, 3.8) is 0 Å². The third-order valence-corrected chi connectivity index (χ3v) is 3.27. The largest absolute Gasteiger partial charge is 0.496 e. The molecule has 5 nitrogen and oxygen atoms in total. The Hall–Kier alpha value is -2.27. The van der Waals surface area contributed by atoms with Crippen LogP contribution in [0.25, 0.3) is 16.9 Å². The van der Waals surface area contributed by atoms with Gasteiger partial charge in [-0.05, 0) is 12.1 Å². The van der Waals surface area contributed by atoms with E-state index >= 15 is 0 Å². The number of hydrogen-bond acceptors (Lipinski definition) is 4. The molecule has 0 unspecified atom stereocenters. The van der Waals surface area contributed by atoms with E-state index in [1.54, 1.807) is 37.1 Å². The molecule has 0 saturated carbocycles. The van der Waals surface area contributed by atoms with Gasteiger partial charge >= 0.3 is 0 Å². The molecule has 3 aromatic rings. The van der Waals surface area contributed by atoms with Crippen molar-refractivity contribution in [3.8, 4) is 22.8 Å². The molecule has 0 saturated heterocycles. The summed E-state index contributed by atoms with van der Waals surface area (Å²) in [5.74, 6) is 1.36. The molecular weight excluding hydrogens is 278 g/mol. The van der Waals surface area contributed by atoms with Crippen LogP contribution in [-0.4, -0.2) is 28.8 Å². The van der Waals surface area contributed by atoms with Crippen LogP contribution in [0, 0.1) is 0 Å². The van der Waals surface area contributed by atoms with Crippen LogP contribution in [0.1, 0.15) is 0 Å². The molecule has 0 aliphatic heterocycles. The number of nitrogens with zero attached hydrogens (tertiary/aromatic N) is 3. The first kappa shape index (κ1) is 12.7. The normalized spacial score (nSPS) is 10.8. The summed E-state index contributed by atoms with van der Waals surface area (Å²) in [5.41, 5.74) is 2.11. The van der Waals surface area contributed by atoms with Crippen LogP contribution >= 0.6 is 11.6 Å². The van der Waals surface area contributed by atoms with Crippen LogP contribution in [0.5, 0.6) is 11.5 Å². The Balaban J connectivity index is 2.29. The number of benzene rings is 1. The summed E-state index contributed by atoms with van der Waals surface area (Å²) in [7, 11) is 3.22. The number of ether oxygens (including phenoxy) is 2. The Morgan fingerprint density at radius 2 is 1.80 bits per heavy atom. The fourth-order valence-electron chi connectivity index (χ4n) is 2.11. The summed E-state index contributed by atoms with van der Waals surface area (Å²) in [6, 6.07) is 9.10. The van der Waals surface area contributed by atoms with Crippen molar-refractivity contribution in [3.05, 3.63) is 41.7 Å². The smallest absolute Gasteiger partial charge is 0.157 e. The molecule has 20 heavy (non-hydrogen) atoms. The van der Waals surface area contributed by atoms with Gasteiger partial charge in [0.15, 0.2) is 5.65 Å². The van der Waals surface area contributed by atoms with E-state index in [0.717, 1.165) is 5.56 Å². The molecule has 1 aromatic carbocycles. The van der Waals surface area contributed by atoms with Crippen LogP contribution in [0.15, 0.2) is 36.5 Å². The molecule has 0 amide bonds. The second kappa shape index (κ2) is 5.02. The average molecular weight is 290 g/mol. The molecule has 0 fully saturated rings. The number of halogens is 1. The van der Waals surface area contributed by atoms with Crippen molar-refractivity contribution in [1.82, 2.24) is 14.6 Å².